The fourth-order valence-electron chi connectivity index (χ4n) is 8.34. The molecule has 0 bridgehead atoms. The molecule has 6 heteroatoms. The number of unbranched alkanes of at least 4 members (excludes halogenated alkanes) is 34. The quantitative estimate of drug-likeness (QED) is 0.0344. The third kappa shape index (κ3) is 49.3. The molecule has 0 aromatic heterocycles. The number of carbonyl (C=O) groups excluding carboxylic acids is 3. The van der Waals surface area contributed by atoms with Gasteiger partial charge in [0.15, 0.2) is 6.10 Å². The molecule has 0 spiro atoms. The lowest BCUT2D eigenvalue weighted by atomic mass is 10.0. The van der Waals surface area contributed by atoms with E-state index in [1.807, 2.05) is 0 Å². The highest BCUT2D eigenvalue weighted by atomic mass is 16.6. The summed E-state index contributed by atoms with van der Waals surface area (Å²) in [4.78, 5) is 38.0. The van der Waals surface area contributed by atoms with Crippen molar-refractivity contribution in [2.45, 2.75) is 310 Å². The van der Waals surface area contributed by atoms with Crippen LogP contribution < -0.4 is 0 Å². The van der Waals surface area contributed by atoms with Gasteiger partial charge in [-0.05, 0) is 31.1 Å². The first-order valence-electron chi connectivity index (χ1n) is 27.2. The first kappa shape index (κ1) is 59.4. The van der Waals surface area contributed by atoms with Gasteiger partial charge in [0.1, 0.15) is 13.2 Å². The van der Waals surface area contributed by atoms with Crippen molar-refractivity contribution in [3.63, 3.8) is 0 Å². The van der Waals surface area contributed by atoms with Gasteiger partial charge < -0.3 is 14.2 Å². The Labute approximate surface area is 380 Å². The maximum absolute atomic E-state index is 12.8. The zero-order valence-electron chi connectivity index (χ0n) is 41.8. The lowest BCUT2D eigenvalue weighted by molar-refractivity contribution is -0.167. The number of rotatable bonds is 49. The second-order valence-electron chi connectivity index (χ2n) is 19.8. The van der Waals surface area contributed by atoms with Crippen LogP contribution in [0.25, 0.3) is 0 Å². The van der Waals surface area contributed by atoms with Crippen molar-refractivity contribution in [1.29, 1.82) is 0 Å². The first-order chi connectivity index (χ1) is 29.7. The predicted molar refractivity (Wildman–Crippen MR) is 261 cm³/mol. The Kier molecular flexibility index (Phi) is 46.6. The number of hydrogen-bond donors (Lipinski definition) is 0. The summed E-state index contributed by atoms with van der Waals surface area (Å²) in [6, 6.07) is 0. The molecule has 0 aromatic carbocycles. The first-order valence-corrected chi connectivity index (χ1v) is 27.2. The van der Waals surface area contributed by atoms with Crippen LogP contribution in [0, 0.1) is 11.8 Å². The number of hydrogen-bond acceptors (Lipinski definition) is 6. The van der Waals surface area contributed by atoms with Gasteiger partial charge in [0, 0.05) is 19.3 Å². The van der Waals surface area contributed by atoms with Gasteiger partial charge in [-0.15, -0.1) is 0 Å². The molecule has 6 nitrogen and oxygen atoms in total. The van der Waals surface area contributed by atoms with Crippen LogP contribution in [0.3, 0.4) is 0 Å². The SMILES string of the molecule is CCCCCCCCCCCCCCCCC(=O)O[C@H](COC(=O)CCCCCCCCCCCCCCCC(C)C)COC(=O)CCCCCCCCCCCCC(C)C. The average molecular weight is 863 g/mol. The van der Waals surface area contributed by atoms with E-state index in [1.165, 1.54) is 193 Å². The second-order valence-corrected chi connectivity index (χ2v) is 19.8. The number of ether oxygens (including phenoxy) is 3. The Morgan fingerprint density at radius 1 is 0.311 bits per heavy atom. The molecule has 0 aliphatic rings. The Balaban J connectivity index is 4.31. The fraction of sp³-hybridized carbons (Fsp3) is 0.945. The minimum atomic E-state index is -0.762. The number of carbonyl (C=O) groups is 3. The molecule has 0 N–H and O–H groups in total. The third-order valence-electron chi connectivity index (χ3n) is 12.5. The van der Waals surface area contributed by atoms with E-state index in [0.29, 0.717) is 19.3 Å². The molecular formula is C55H106O6. The zero-order chi connectivity index (χ0) is 44.7. The van der Waals surface area contributed by atoms with Crippen LogP contribution in [0.1, 0.15) is 304 Å². The maximum Gasteiger partial charge on any atom is 0.306 e. The molecule has 0 radical (unpaired) electrons. The molecule has 0 saturated carbocycles. The van der Waals surface area contributed by atoms with E-state index in [9.17, 15) is 14.4 Å². The molecule has 0 aromatic rings. The van der Waals surface area contributed by atoms with Crippen LogP contribution in [0.2, 0.25) is 0 Å². The smallest absolute Gasteiger partial charge is 0.306 e. The summed E-state index contributed by atoms with van der Waals surface area (Å²) in [6.45, 7) is 11.4. The summed E-state index contributed by atoms with van der Waals surface area (Å²) >= 11 is 0. The summed E-state index contributed by atoms with van der Waals surface area (Å²) in [5, 5.41) is 0. The molecule has 1 atom stereocenters. The molecule has 0 amide bonds. The molecular weight excluding hydrogens is 757 g/mol. The van der Waals surface area contributed by atoms with Gasteiger partial charge in [0.05, 0.1) is 0 Å². The van der Waals surface area contributed by atoms with Crippen LogP contribution in [0.15, 0.2) is 0 Å². The molecule has 0 aliphatic carbocycles. The normalized spacial score (nSPS) is 12.0. The van der Waals surface area contributed by atoms with E-state index in [1.54, 1.807) is 0 Å². The van der Waals surface area contributed by atoms with Crippen LogP contribution >= 0.6 is 0 Å². The molecule has 362 valence electrons. The van der Waals surface area contributed by atoms with Crippen LogP contribution in [0.4, 0.5) is 0 Å². The molecule has 0 fully saturated rings. The summed E-state index contributed by atoms with van der Waals surface area (Å²) in [7, 11) is 0. The van der Waals surface area contributed by atoms with E-state index in [-0.39, 0.29) is 31.1 Å². The average Bonchev–Trinajstić information content (AvgIpc) is 3.23. The lowest BCUT2D eigenvalue weighted by Crippen LogP contribution is -2.30. The minimum absolute atomic E-state index is 0.0632. The van der Waals surface area contributed by atoms with Crippen LogP contribution in [-0.2, 0) is 28.6 Å². The van der Waals surface area contributed by atoms with Crippen molar-refractivity contribution >= 4 is 17.9 Å². The Hall–Kier alpha value is -1.59. The molecule has 0 heterocycles. The largest absolute Gasteiger partial charge is 0.462 e. The summed E-state index contributed by atoms with van der Waals surface area (Å²) in [6.07, 6.45) is 49.4. The summed E-state index contributed by atoms with van der Waals surface area (Å²) < 4.78 is 16.8. The van der Waals surface area contributed by atoms with Gasteiger partial charge in [-0.1, -0.05) is 266 Å². The van der Waals surface area contributed by atoms with Gasteiger partial charge in [0.2, 0.25) is 0 Å². The van der Waals surface area contributed by atoms with Crippen molar-refractivity contribution < 1.29 is 28.6 Å². The second kappa shape index (κ2) is 47.9. The number of esters is 3. The van der Waals surface area contributed by atoms with Crippen LogP contribution in [-0.4, -0.2) is 37.2 Å². The van der Waals surface area contributed by atoms with Crippen LogP contribution in [0.5, 0.6) is 0 Å². The van der Waals surface area contributed by atoms with Crippen molar-refractivity contribution in [1.82, 2.24) is 0 Å². The van der Waals surface area contributed by atoms with Gasteiger partial charge >= 0.3 is 17.9 Å². The minimum Gasteiger partial charge on any atom is -0.462 e. The Bertz CT molecular complexity index is 931. The highest BCUT2D eigenvalue weighted by Crippen LogP contribution is 2.18. The molecule has 0 unspecified atom stereocenters. The van der Waals surface area contributed by atoms with Gasteiger partial charge in [-0.3, -0.25) is 14.4 Å². The Morgan fingerprint density at radius 2 is 0.541 bits per heavy atom. The predicted octanol–water partition coefficient (Wildman–Crippen LogP) is 17.7. The highest BCUT2D eigenvalue weighted by molar-refractivity contribution is 5.71. The van der Waals surface area contributed by atoms with E-state index < -0.39 is 6.10 Å². The molecule has 0 saturated heterocycles. The standard InChI is InChI=1S/C55H106O6/c1-6-7-8-9-10-11-12-13-16-20-27-32-37-42-47-55(58)61-52(49-60-54(57)46-41-36-31-26-22-21-24-29-34-39-44-51(4)5)48-59-53(56)45-40-35-30-25-19-17-14-15-18-23-28-33-38-43-50(2)3/h50-52H,6-49H2,1-5H3/t52-/m1/s1. The van der Waals surface area contributed by atoms with E-state index in [2.05, 4.69) is 34.6 Å². The van der Waals surface area contributed by atoms with Crippen molar-refractivity contribution in [3.05, 3.63) is 0 Å². The van der Waals surface area contributed by atoms with Gasteiger partial charge in [0.25, 0.3) is 0 Å². The van der Waals surface area contributed by atoms with E-state index in [0.717, 1.165) is 69.6 Å². The Morgan fingerprint density at radius 3 is 0.803 bits per heavy atom. The topological polar surface area (TPSA) is 78.9 Å². The summed E-state index contributed by atoms with van der Waals surface area (Å²) in [5.41, 5.74) is 0. The highest BCUT2D eigenvalue weighted by Gasteiger charge is 2.19. The van der Waals surface area contributed by atoms with Crippen molar-refractivity contribution in [3.8, 4) is 0 Å². The molecule has 61 heavy (non-hydrogen) atoms. The monoisotopic (exact) mass is 863 g/mol. The lowest BCUT2D eigenvalue weighted by Gasteiger charge is -2.18. The van der Waals surface area contributed by atoms with Crippen molar-refractivity contribution in [2.24, 2.45) is 11.8 Å². The van der Waals surface area contributed by atoms with Crippen molar-refractivity contribution in [2.75, 3.05) is 13.2 Å². The zero-order valence-corrected chi connectivity index (χ0v) is 41.8. The van der Waals surface area contributed by atoms with E-state index in [4.69, 9.17) is 14.2 Å². The maximum atomic E-state index is 12.8. The fourth-order valence-corrected chi connectivity index (χ4v) is 8.34. The van der Waals surface area contributed by atoms with E-state index >= 15 is 0 Å². The molecule has 0 rings (SSSR count). The van der Waals surface area contributed by atoms with Gasteiger partial charge in [-0.2, -0.15) is 0 Å². The third-order valence-corrected chi connectivity index (χ3v) is 12.5. The molecule has 0 aliphatic heterocycles. The van der Waals surface area contributed by atoms with Gasteiger partial charge in [-0.25, -0.2) is 0 Å². The summed E-state index contributed by atoms with van der Waals surface area (Å²) in [5.74, 6) is 0.814.